The van der Waals surface area contributed by atoms with E-state index >= 15 is 0 Å². The molecule has 2 rings (SSSR count). The highest BCUT2D eigenvalue weighted by molar-refractivity contribution is 5.49. The number of hydrogen-bond donors (Lipinski definition) is 2. The standard InChI is InChI=1S/C13H19FN2O/c1-15-9-10-6-11(14)8-12(7-10)16-4-2-13(17)3-5-16/h6-8,13,15,17H,2-5,9H2,1H3. The Balaban J connectivity index is 2.14. The number of halogens is 1. The average molecular weight is 238 g/mol. The third-order valence-corrected chi connectivity index (χ3v) is 3.15. The van der Waals surface area contributed by atoms with Gasteiger partial charge >= 0.3 is 0 Å². The molecule has 0 saturated carbocycles. The van der Waals surface area contributed by atoms with Gasteiger partial charge in [-0.1, -0.05) is 0 Å². The Bertz CT molecular complexity index is 376. The van der Waals surface area contributed by atoms with Crippen molar-refractivity contribution >= 4 is 5.69 Å². The molecule has 1 heterocycles. The van der Waals surface area contributed by atoms with Crippen LogP contribution in [0, 0.1) is 5.82 Å². The summed E-state index contributed by atoms with van der Waals surface area (Å²) < 4.78 is 13.5. The van der Waals surface area contributed by atoms with Gasteiger partial charge in [-0.2, -0.15) is 0 Å². The van der Waals surface area contributed by atoms with Crippen molar-refractivity contribution in [3.05, 3.63) is 29.6 Å². The van der Waals surface area contributed by atoms with E-state index in [1.54, 1.807) is 12.1 Å². The maximum atomic E-state index is 13.5. The molecule has 1 aliphatic heterocycles. The van der Waals surface area contributed by atoms with Crippen LogP contribution in [0.3, 0.4) is 0 Å². The third-order valence-electron chi connectivity index (χ3n) is 3.15. The van der Waals surface area contributed by atoms with Crippen molar-refractivity contribution in [2.75, 3.05) is 25.0 Å². The number of nitrogens with one attached hydrogen (secondary N) is 1. The lowest BCUT2D eigenvalue weighted by Crippen LogP contribution is -2.35. The van der Waals surface area contributed by atoms with Crippen LogP contribution in [0.1, 0.15) is 18.4 Å². The largest absolute Gasteiger partial charge is 0.393 e. The first-order valence-electron chi connectivity index (χ1n) is 6.06. The minimum Gasteiger partial charge on any atom is -0.393 e. The van der Waals surface area contributed by atoms with Crippen molar-refractivity contribution in [3.63, 3.8) is 0 Å². The molecule has 94 valence electrons. The summed E-state index contributed by atoms with van der Waals surface area (Å²) in [5, 5.41) is 12.5. The quantitative estimate of drug-likeness (QED) is 0.838. The molecule has 1 aromatic carbocycles. The number of piperidine rings is 1. The molecule has 3 nitrogen and oxygen atoms in total. The average Bonchev–Trinajstić information content (AvgIpc) is 2.29. The van der Waals surface area contributed by atoms with E-state index in [-0.39, 0.29) is 11.9 Å². The number of hydrogen-bond acceptors (Lipinski definition) is 3. The van der Waals surface area contributed by atoms with E-state index in [4.69, 9.17) is 0 Å². The third kappa shape index (κ3) is 3.17. The van der Waals surface area contributed by atoms with Crippen molar-refractivity contribution in [1.82, 2.24) is 5.32 Å². The second-order valence-electron chi connectivity index (χ2n) is 4.57. The summed E-state index contributed by atoms with van der Waals surface area (Å²) in [5.74, 6) is -0.195. The number of aliphatic hydroxyl groups is 1. The summed E-state index contributed by atoms with van der Waals surface area (Å²) in [6.45, 7) is 2.26. The van der Waals surface area contributed by atoms with E-state index in [0.29, 0.717) is 6.54 Å². The van der Waals surface area contributed by atoms with Crippen LogP contribution in [0.5, 0.6) is 0 Å². The van der Waals surface area contributed by atoms with E-state index in [0.717, 1.165) is 37.2 Å². The van der Waals surface area contributed by atoms with Crippen molar-refractivity contribution < 1.29 is 9.50 Å². The molecule has 0 bridgehead atoms. The number of aliphatic hydroxyl groups excluding tert-OH is 1. The first-order chi connectivity index (χ1) is 8.19. The van der Waals surface area contributed by atoms with Gasteiger partial charge in [-0.25, -0.2) is 4.39 Å². The van der Waals surface area contributed by atoms with Gasteiger partial charge in [-0.15, -0.1) is 0 Å². The molecular weight excluding hydrogens is 219 g/mol. The zero-order chi connectivity index (χ0) is 12.3. The monoisotopic (exact) mass is 238 g/mol. The SMILES string of the molecule is CNCc1cc(F)cc(N2CCC(O)CC2)c1. The molecule has 0 aliphatic carbocycles. The highest BCUT2D eigenvalue weighted by atomic mass is 19.1. The van der Waals surface area contributed by atoms with Crippen LogP contribution in [-0.4, -0.2) is 31.3 Å². The van der Waals surface area contributed by atoms with Gasteiger partial charge in [-0.3, -0.25) is 0 Å². The Labute approximate surface area is 101 Å². The Morgan fingerprint density at radius 3 is 2.71 bits per heavy atom. The van der Waals surface area contributed by atoms with Crippen LogP contribution >= 0.6 is 0 Å². The first-order valence-corrected chi connectivity index (χ1v) is 6.06. The second kappa shape index (κ2) is 5.47. The van der Waals surface area contributed by atoms with Gasteiger partial charge in [0.15, 0.2) is 0 Å². The molecule has 1 fully saturated rings. The molecule has 1 saturated heterocycles. The maximum Gasteiger partial charge on any atom is 0.125 e. The van der Waals surface area contributed by atoms with E-state index in [1.807, 2.05) is 13.1 Å². The van der Waals surface area contributed by atoms with Gasteiger partial charge in [-0.05, 0) is 43.7 Å². The second-order valence-corrected chi connectivity index (χ2v) is 4.57. The van der Waals surface area contributed by atoms with Crippen LogP contribution in [-0.2, 0) is 6.54 Å². The number of anilines is 1. The summed E-state index contributed by atoms with van der Waals surface area (Å²) in [6.07, 6.45) is 1.33. The zero-order valence-corrected chi connectivity index (χ0v) is 10.1. The lowest BCUT2D eigenvalue weighted by atomic mass is 10.1. The highest BCUT2D eigenvalue weighted by Crippen LogP contribution is 2.22. The fourth-order valence-electron chi connectivity index (χ4n) is 2.25. The van der Waals surface area contributed by atoms with Gasteiger partial charge in [0.05, 0.1) is 6.10 Å². The minimum atomic E-state index is -0.198. The van der Waals surface area contributed by atoms with Crippen molar-refractivity contribution in [2.45, 2.75) is 25.5 Å². The Kier molecular flexibility index (Phi) is 3.97. The Morgan fingerprint density at radius 1 is 1.35 bits per heavy atom. The van der Waals surface area contributed by atoms with Crippen LogP contribution in [0.2, 0.25) is 0 Å². The smallest absolute Gasteiger partial charge is 0.125 e. The summed E-state index contributed by atoms with van der Waals surface area (Å²) >= 11 is 0. The molecule has 0 radical (unpaired) electrons. The molecule has 1 aromatic rings. The summed E-state index contributed by atoms with van der Waals surface area (Å²) in [7, 11) is 1.85. The molecular formula is C13H19FN2O. The predicted molar refractivity (Wildman–Crippen MR) is 66.6 cm³/mol. The van der Waals surface area contributed by atoms with Gasteiger partial charge in [0.2, 0.25) is 0 Å². The van der Waals surface area contributed by atoms with Gasteiger partial charge in [0.1, 0.15) is 5.82 Å². The fraction of sp³-hybridized carbons (Fsp3) is 0.538. The van der Waals surface area contributed by atoms with Crippen LogP contribution in [0.4, 0.5) is 10.1 Å². The number of benzene rings is 1. The number of rotatable bonds is 3. The van der Waals surface area contributed by atoms with E-state index in [1.165, 1.54) is 0 Å². The van der Waals surface area contributed by atoms with Gasteiger partial charge in [0.25, 0.3) is 0 Å². The lowest BCUT2D eigenvalue weighted by molar-refractivity contribution is 0.145. The van der Waals surface area contributed by atoms with Crippen molar-refractivity contribution in [3.8, 4) is 0 Å². The molecule has 4 heteroatoms. The van der Waals surface area contributed by atoms with Crippen LogP contribution in [0.25, 0.3) is 0 Å². The molecule has 0 unspecified atom stereocenters. The molecule has 0 atom stereocenters. The number of nitrogens with zero attached hydrogens (tertiary/aromatic N) is 1. The summed E-state index contributed by atoms with van der Waals surface area (Å²) in [4.78, 5) is 2.13. The maximum absolute atomic E-state index is 13.5. The highest BCUT2D eigenvalue weighted by Gasteiger charge is 2.17. The van der Waals surface area contributed by atoms with E-state index in [9.17, 15) is 9.50 Å². The normalized spacial score (nSPS) is 17.5. The topological polar surface area (TPSA) is 35.5 Å². The van der Waals surface area contributed by atoms with Crippen molar-refractivity contribution in [1.29, 1.82) is 0 Å². The molecule has 0 spiro atoms. The van der Waals surface area contributed by atoms with Gasteiger partial charge in [0, 0.05) is 25.3 Å². The Hall–Kier alpha value is -1.13. The van der Waals surface area contributed by atoms with Crippen molar-refractivity contribution in [2.24, 2.45) is 0 Å². The summed E-state index contributed by atoms with van der Waals surface area (Å²) in [6, 6.07) is 5.13. The van der Waals surface area contributed by atoms with E-state index < -0.39 is 0 Å². The van der Waals surface area contributed by atoms with Crippen LogP contribution < -0.4 is 10.2 Å². The van der Waals surface area contributed by atoms with Gasteiger partial charge < -0.3 is 15.3 Å². The zero-order valence-electron chi connectivity index (χ0n) is 10.1. The van der Waals surface area contributed by atoms with E-state index in [2.05, 4.69) is 10.2 Å². The Morgan fingerprint density at radius 2 is 2.06 bits per heavy atom. The molecule has 0 aromatic heterocycles. The van der Waals surface area contributed by atoms with Crippen LogP contribution in [0.15, 0.2) is 18.2 Å². The minimum absolute atomic E-state index is 0.195. The molecule has 17 heavy (non-hydrogen) atoms. The fourth-order valence-corrected chi connectivity index (χ4v) is 2.25. The molecule has 2 N–H and O–H groups in total. The molecule has 0 amide bonds. The lowest BCUT2D eigenvalue weighted by Gasteiger charge is -2.31. The summed E-state index contributed by atoms with van der Waals surface area (Å²) in [5.41, 5.74) is 1.87. The molecule has 1 aliphatic rings. The predicted octanol–water partition coefficient (Wildman–Crippen LogP) is 1.51. The first kappa shape index (κ1) is 12.3.